The van der Waals surface area contributed by atoms with E-state index in [9.17, 15) is 9.59 Å². The normalized spacial score (nSPS) is 10.4. The highest BCUT2D eigenvalue weighted by Crippen LogP contribution is 2.26. The average molecular weight is 361 g/mol. The summed E-state index contributed by atoms with van der Waals surface area (Å²) in [6.45, 7) is 0. The highest BCUT2D eigenvalue weighted by atomic mass is 79.9. The van der Waals surface area contributed by atoms with Crippen molar-refractivity contribution < 1.29 is 18.4 Å². The first-order chi connectivity index (χ1) is 10.7. The Hall–Kier alpha value is -2.67. The van der Waals surface area contributed by atoms with Crippen LogP contribution in [0.5, 0.6) is 0 Å². The molecule has 3 heterocycles. The Labute approximate surface area is 133 Å². The third-order valence-corrected chi connectivity index (χ3v) is 3.51. The topological polar surface area (TPSA) is 76.6 Å². The predicted octanol–water partition coefficient (Wildman–Crippen LogP) is 3.52. The van der Waals surface area contributed by atoms with E-state index in [2.05, 4.69) is 20.9 Å². The van der Waals surface area contributed by atoms with Gasteiger partial charge in [-0.05, 0) is 40.2 Å². The molecule has 0 aliphatic rings. The van der Waals surface area contributed by atoms with Crippen molar-refractivity contribution in [2.45, 2.75) is 0 Å². The molecule has 0 aliphatic heterocycles. The summed E-state index contributed by atoms with van der Waals surface area (Å²) in [5, 5.41) is 0. The van der Waals surface area contributed by atoms with Gasteiger partial charge in [0.05, 0.1) is 28.1 Å². The third kappa shape index (κ3) is 2.58. The maximum absolute atomic E-state index is 12.6. The van der Waals surface area contributed by atoms with E-state index >= 15 is 0 Å². The molecule has 0 radical (unpaired) electrons. The third-order valence-electron chi connectivity index (χ3n) is 2.89. The van der Waals surface area contributed by atoms with Gasteiger partial charge in [-0.2, -0.15) is 0 Å². The van der Waals surface area contributed by atoms with Crippen molar-refractivity contribution >= 4 is 33.6 Å². The zero-order chi connectivity index (χ0) is 15.5. The fourth-order valence-corrected chi connectivity index (χ4v) is 2.29. The number of nitrogens with zero attached hydrogens (tertiary/aromatic N) is 2. The van der Waals surface area contributed by atoms with Crippen molar-refractivity contribution in [3.8, 4) is 0 Å². The summed E-state index contributed by atoms with van der Waals surface area (Å²) in [5.41, 5.74) is 0.490. The largest absolute Gasteiger partial charge is 0.472 e. The lowest BCUT2D eigenvalue weighted by atomic mass is 10.2. The number of anilines is 1. The number of furan rings is 2. The second kappa shape index (κ2) is 5.98. The standard InChI is InChI=1S/C15H9BrN2O4/c16-12-2-1-5-17-13(12)18(14(19)10-3-6-21-8-10)15(20)11-4-7-22-9-11/h1-9H. The number of halogens is 1. The predicted molar refractivity (Wildman–Crippen MR) is 80.5 cm³/mol. The number of amides is 2. The molecule has 0 aromatic carbocycles. The second-order valence-electron chi connectivity index (χ2n) is 4.28. The number of hydrogen-bond donors (Lipinski definition) is 0. The van der Waals surface area contributed by atoms with Crippen LogP contribution in [0.15, 0.2) is 68.8 Å². The SMILES string of the molecule is O=C(c1ccoc1)N(C(=O)c1ccoc1)c1ncccc1Br. The van der Waals surface area contributed by atoms with Gasteiger partial charge in [0.25, 0.3) is 11.8 Å². The monoisotopic (exact) mass is 360 g/mol. The molecule has 0 saturated carbocycles. The Balaban J connectivity index is 2.09. The molecule has 3 aromatic rings. The van der Waals surface area contributed by atoms with Crippen LogP contribution >= 0.6 is 15.9 Å². The molecule has 110 valence electrons. The smallest absolute Gasteiger partial charge is 0.269 e. The summed E-state index contributed by atoms with van der Waals surface area (Å²) < 4.78 is 10.3. The fraction of sp³-hybridized carbons (Fsp3) is 0. The van der Waals surface area contributed by atoms with Crippen molar-refractivity contribution in [2.75, 3.05) is 4.90 Å². The van der Waals surface area contributed by atoms with E-state index in [-0.39, 0.29) is 16.9 Å². The highest BCUT2D eigenvalue weighted by molar-refractivity contribution is 9.10. The molecule has 3 aromatic heterocycles. The average Bonchev–Trinajstić information content (AvgIpc) is 3.22. The van der Waals surface area contributed by atoms with Gasteiger partial charge in [-0.25, -0.2) is 9.88 Å². The molecular formula is C15H9BrN2O4. The van der Waals surface area contributed by atoms with Crippen molar-refractivity contribution in [1.29, 1.82) is 0 Å². The summed E-state index contributed by atoms with van der Waals surface area (Å²) in [6, 6.07) is 6.35. The Morgan fingerprint density at radius 3 is 2.05 bits per heavy atom. The minimum Gasteiger partial charge on any atom is -0.472 e. The Kier molecular flexibility index (Phi) is 3.88. The van der Waals surface area contributed by atoms with Gasteiger partial charge in [0.1, 0.15) is 12.5 Å². The Morgan fingerprint density at radius 2 is 1.59 bits per heavy atom. The molecule has 0 fully saturated rings. The molecule has 0 spiro atoms. The fourth-order valence-electron chi connectivity index (χ4n) is 1.86. The summed E-state index contributed by atoms with van der Waals surface area (Å²) in [7, 11) is 0. The molecule has 0 bridgehead atoms. The molecule has 0 N–H and O–H groups in total. The van der Waals surface area contributed by atoms with Crippen molar-refractivity contribution in [1.82, 2.24) is 4.98 Å². The maximum Gasteiger partial charge on any atom is 0.269 e. The van der Waals surface area contributed by atoms with Crippen LogP contribution in [-0.4, -0.2) is 16.8 Å². The summed E-state index contributed by atoms with van der Waals surface area (Å²) >= 11 is 3.30. The Bertz CT molecular complexity index is 751. The highest BCUT2D eigenvalue weighted by Gasteiger charge is 2.29. The van der Waals surface area contributed by atoms with Crippen LogP contribution in [0.3, 0.4) is 0 Å². The molecule has 7 heteroatoms. The van der Waals surface area contributed by atoms with Gasteiger partial charge >= 0.3 is 0 Å². The first-order valence-corrected chi connectivity index (χ1v) is 7.01. The first kappa shape index (κ1) is 14.3. The molecule has 22 heavy (non-hydrogen) atoms. The zero-order valence-electron chi connectivity index (χ0n) is 11.1. The van der Waals surface area contributed by atoms with Crippen LogP contribution in [0, 0.1) is 0 Å². The van der Waals surface area contributed by atoms with Crippen LogP contribution in [0.2, 0.25) is 0 Å². The number of rotatable bonds is 3. The lowest BCUT2D eigenvalue weighted by Gasteiger charge is -2.19. The van der Waals surface area contributed by atoms with Gasteiger partial charge in [0.15, 0.2) is 5.82 Å². The van der Waals surface area contributed by atoms with Gasteiger partial charge < -0.3 is 8.83 Å². The number of carbonyl (C=O) groups is 2. The van der Waals surface area contributed by atoms with E-state index in [1.165, 1.54) is 43.4 Å². The quantitative estimate of drug-likeness (QED) is 0.667. The first-order valence-electron chi connectivity index (χ1n) is 6.22. The molecule has 0 aliphatic carbocycles. The molecule has 0 unspecified atom stereocenters. The van der Waals surface area contributed by atoms with Crippen LogP contribution in [0.4, 0.5) is 5.82 Å². The van der Waals surface area contributed by atoms with E-state index in [1.54, 1.807) is 12.1 Å². The van der Waals surface area contributed by atoms with Gasteiger partial charge in [-0.1, -0.05) is 0 Å². The van der Waals surface area contributed by atoms with Crippen LogP contribution < -0.4 is 4.90 Å². The van der Waals surface area contributed by atoms with E-state index in [1.807, 2.05) is 0 Å². The lowest BCUT2D eigenvalue weighted by Crippen LogP contribution is -2.37. The van der Waals surface area contributed by atoms with Crippen molar-refractivity contribution in [3.05, 3.63) is 71.1 Å². The zero-order valence-corrected chi connectivity index (χ0v) is 12.7. The Morgan fingerprint density at radius 1 is 1.00 bits per heavy atom. The summed E-state index contributed by atoms with van der Waals surface area (Å²) in [5.74, 6) is -0.890. The van der Waals surface area contributed by atoms with E-state index in [0.717, 1.165) is 4.90 Å². The number of hydrogen-bond acceptors (Lipinski definition) is 5. The van der Waals surface area contributed by atoms with Crippen LogP contribution in [-0.2, 0) is 0 Å². The van der Waals surface area contributed by atoms with Gasteiger partial charge in [-0.15, -0.1) is 0 Å². The van der Waals surface area contributed by atoms with Gasteiger partial charge in [-0.3, -0.25) is 9.59 Å². The molecule has 0 saturated heterocycles. The summed E-state index contributed by atoms with van der Waals surface area (Å²) in [6.07, 6.45) is 6.77. The number of carbonyl (C=O) groups excluding carboxylic acids is 2. The number of imide groups is 1. The molecule has 2 amide bonds. The van der Waals surface area contributed by atoms with Gasteiger partial charge in [0, 0.05) is 6.20 Å². The second-order valence-corrected chi connectivity index (χ2v) is 5.13. The van der Waals surface area contributed by atoms with Crippen LogP contribution in [0.25, 0.3) is 0 Å². The lowest BCUT2D eigenvalue weighted by molar-refractivity contribution is 0.0895. The van der Waals surface area contributed by atoms with Crippen molar-refractivity contribution in [2.24, 2.45) is 0 Å². The molecule has 6 nitrogen and oxygen atoms in total. The van der Waals surface area contributed by atoms with Crippen molar-refractivity contribution in [3.63, 3.8) is 0 Å². The summed E-state index contributed by atoms with van der Waals surface area (Å²) in [4.78, 5) is 30.4. The van der Waals surface area contributed by atoms with E-state index < -0.39 is 11.8 Å². The van der Waals surface area contributed by atoms with Gasteiger partial charge in [0.2, 0.25) is 0 Å². The molecule has 0 atom stereocenters. The minimum absolute atomic E-state index is 0.194. The number of aromatic nitrogens is 1. The van der Waals surface area contributed by atoms with E-state index in [4.69, 9.17) is 8.83 Å². The molecular weight excluding hydrogens is 352 g/mol. The minimum atomic E-state index is -0.542. The maximum atomic E-state index is 12.6. The van der Waals surface area contributed by atoms with Crippen LogP contribution in [0.1, 0.15) is 20.7 Å². The van der Waals surface area contributed by atoms with E-state index in [0.29, 0.717) is 4.47 Å². The number of pyridine rings is 1. The molecule has 3 rings (SSSR count).